The second kappa shape index (κ2) is 6.15. The first-order valence-corrected chi connectivity index (χ1v) is 8.21. The van der Waals surface area contributed by atoms with Gasteiger partial charge in [-0.1, -0.05) is 41.5 Å². The third kappa shape index (κ3) is 3.61. The molecule has 0 amide bonds. The molecule has 2 aliphatic rings. The highest BCUT2D eigenvalue weighted by molar-refractivity contribution is 4.88. The lowest BCUT2D eigenvalue weighted by molar-refractivity contribution is -0.334. The van der Waals surface area contributed by atoms with Gasteiger partial charge in [0, 0.05) is 10.8 Å². The molecule has 2 heterocycles. The Balaban J connectivity index is 1.89. The molecule has 0 radical (unpaired) electrons. The van der Waals surface area contributed by atoms with E-state index in [9.17, 15) is 0 Å². The van der Waals surface area contributed by atoms with Gasteiger partial charge >= 0.3 is 0 Å². The highest BCUT2D eigenvalue weighted by atomic mass is 16.7. The fraction of sp³-hybridized carbons (Fsp3) is 1.00. The molecule has 0 aromatic rings. The van der Waals surface area contributed by atoms with Crippen LogP contribution in [0.5, 0.6) is 0 Å². The largest absolute Gasteiger partial charge is 0.351 e. The van der Waals surface area contributed by atoms with Gasteiger partial charge in [-0.25, -0.2) is 0 Å². The van der Waals surface area contributed by atoms with Crippen LogP contribution in [0.15, 0.2) is 0 Å². The van der Waals surface area contributed by atoms with E-state index in [2.05, 4.69) is 41.5 Å². The average Bonchev–Trinajstić information content (AvgIpc) is 2.48. The molecule has 21 heavy (non-hydrogen) atoms. The Bertz CT molecular complexity index is 297. The first-order chi connectivity index (χ1) is 9.75. The van der Waals surface area contributed by atoms with E-state index in [1.807, 2.05) is 0 Å². The smallest absolute Gasteiger partial charge is 0.162 e. The normalized spacial score (nSPS) is 35.1. The van der Waals surface area contributed by atoms with Gasteiger partial charge in [0.05, 0.1) is 31.8 Å². The lowest BCUT2D eigenvalue weighted by Crippen LogP contribution is -2.56. The minimum absolute atomic E-state index is 0.0464. The quantitative estimate of drug-likeness (QED) is 0.795. The van der Waals surface area contributed by atoms with Crippen molar-refractivity contribution in [1.82, 2.24) is 0 Å². The topological polar surface area (TPSA) is 36.9 Å². The van der Waals surface area contributed by atoms with E-state index < -0.39 is 0 Å². The summed E-state index contributed by atoms with van der Waals surface area (Å²) >= 11 is 0. The van der Waals surface area contributed by atoms with Gasteiger partial charge in [0.15, 0.2) is 12.6 Å². The summed E-state index contributed by atoms with van der Waals surface area (Å²) in [6.07, 6.45) is 1.81. The summed E-state index contributed by atoms with van der Waals surface area (Å²) in [4.78, 5) is 0. The molecular weight excluding hydrogens is 268 g/mol. The third-order valence-corrected chi connectivity index (χ3v) is 5.26. The van der Waals surface area contributed by atoms with Gasteiger partial charge in [-0.2, -0.15) is 0 Å². The van der Waals surface area contributed by atoms with Crippen molar-refractivity contribution in [2.45, 2.75) is 67.0 Å². The predicted octanol–water partition coefficient (Wildman–Crippen LogP) is 3.59. The van der Waals surface area contributed by atoms with Crippen LogP contribution in [-0.2, 0) is 18.9 Å². The lowest BCUT2D eigenvalue weighted by Gasteiger charge is -2.48. The molecule has 0 saturated carbocycles. The predicted molar refractivity (Wildman–Crippen MR) is 82.0 cm³/mol. The van der Waals surface area contributed by atoms with Crippen molar-refractivity contribution in [3.63, 3.8) is 0 Å². The van der Waals surface area contributed by atoms with Crippen molar-refractivity contribution in [2.24, 2.45) is 16.2 Å². The monoisotopic (exact) mass is 300 g/mol. The maximum atomic E-state index is 5.99. The molecule has 1 spiro atoms. The van der Waals surface area contributed by atoms with Gasteiger partial charge in [-0.3, -0.25) is 0 Å². The Hall–Kier alpha value is -0.160. The van der Waals surface area contributed by atoms with Crippen LogP contribution in [0.1, 0.15) is 54.4 Å². The van der Waals surface area contributed by atoms with Gasteiger partial charge in [0.25, 0.3) is 0 Å². The molecule has 2 aliphatic heterocycles. The van der Waals surface area contributed by atoms with E-state index in [0.29, 0.717) is 26.4 Å². The summed E-state index contributed by atoms with van der Waals surface area (Å²) in [6, 6.07) is 0. The van der Waals surface area contributed by atoms with Crippen molar-refractivity contribution >= 4 is 0 Å². The Morgan fingerprint density at radius 3 is 1.24 bits per heavy atom. The summed E-state index contributed by atoms with van der Waals surface area (Å²) in [5.41, 5.74) is -0.0455. The molecule has 0 N–H and O–H groups in total. The molecule has 4 nitrogen and oxygen atoms in total. The molecule has 2 fully saturated rings. The molecule has 0 unspecified atom stereocenters. The molecular formula is C17H32O4. The Labute approximate surface area is 129 Å². The zero-order chi connectivity index (χ0) is 15.7. The highest BCUT2D eigenvalue weighted by Crippen LogP contribution is 2.39. The van der Waals surface area contributed by atoms with E-state index in [1.54, 1.807) is 0 Å². The van der Waals surface area contributed by atoms with Crippen molar-refractivity contribution < 1.29 is 18.9 Å². The lowest BCUT2D eigenvalue weighted by atomic mass is 9.84. The van der Waals surface area contributed by atoms with E-state index >= 15 is 0 Å². The SMILES string of the molecule is CCC(C)(C)C1OCC2(CO1)COC(C(C)(C)CC)OC2. The van der Waals surface area contributed by atoms with Crippen LogP contribution in [0.2, 0.25) is 0 Å². The minimum atomic E-state index is -0.138. The maximum Gasteiger partial charge on any atom is 0.162 e. The van der Waals surface area contributed by atoms with E-state index in [1.165, 1.54) is 0 Å². The molecule has 124 valence electrons. The second-order valence-electron chi connectivity index (χ2n) is 8.09. The number of hydrogen-bond acceptors (Lipinski definition) is 4. The van der Waals surface area contributed by atoms with Crippen molar-refractivity contribution in [3.8, 4) is 0 Å². The van der Waals surface area contributed by atoms with Crippen LogP contribution in [0.25, 0.3) is 0 Å². The van der Waals surface area contributed by atoms with Gasteiger partial charge in [-0.05, 0) is 12.8 Å². The molecule has 0 aliphatic carbocycles. The zero-order valence-electron chi connectivity index (χ0n) is 14.5. The first kappa shape index (κ1) is 17.2. The van der Waals surface area contributed by atoms with Crippen LogP contribution >= 0.6 is 0 Å². The Morgan fingerprint density at radius 2 is 1.00 bits per heavy atom. The van der Waals surface area contributed by atoms with Crippen LogP contribution in [0.4, 0.5) is 0 Å². The molecule has 0 atom stereocenters. The fourth-order valence-corrected chi connectivity index (χ4v) is 2.59. The number of ether oxygens (including phenoxy) is 4. The van der Waals surface area contributed by atoms with Crippen LogP contribution in [-0.4, -0.2) is 39.0 Å². The highest BCUT2D eigenvalue weighted by Gasteiger charge is 2.46. The van der Waals surface area contributed by atoms with Gasteiger partial charge in [0.1, 0.15) is 0 Å². The molecule has 2 saturated heterocycles. The molecule has 0 aromatic carbocycles. The van der Waals surface area contributed by atoms with Crippen LogP contribution in [0.3, 0.4) is 0 Å². The van der Waals surface area contributed by atoms with E-state index in [0.717, 1.165) is 12.8 Å². The van der Waals surface area contributed by atoms with Crippen LogP contribution in [0, 0.1) is 16.2 Å². The van der Waals surface area contributed by atoms with Gasteiger partial charge in [0.2, 0.25) is 0 Å². The third-order valence-electron chi connectivity index (χ3n) is 5.26. The Kier molecular flexibility index (Phi) is 5.04. The van der Waals surface area contributed by atoms with E-state index in [4.69, 9.17) is 18.9 Å². The summed E-state index contributed by atoms with van der Waals surface area (Å²) in [6.45, 7) is 15.7. The number of rotatable bonds is 4. The van der Waals surface area contributed by atoms with Crippen LogP contribution < -0.4 is 0 Å². The second-order valence-corrected chi connectivity index (χ2v) is 8.09. The van der Waals surface area contributed by atoms with Crippen molar-refractivity contribution in [2.75, 3.05) is 26.4 Å². The van der Waals surface area contributed by atoms with Gasteiger partial charge < -0.3 is 18.9 Å². The average molecular weight is 300 g/mol. The standard InChI is InChI=1S/C17H32O4/c1-7-15(3,4)13-18-9-17(10-19-13)11-20-14(21-12-17)16(5,6)8-2/h13-14H,7-12H2,1-6H3. The number of hydrogen-bond donors (Lipinski definition) is 0. The fourth-order valence-electron chi connectivity index (χ4n) is 2.59. The van der Waals surface area contributed by atoms with Gasteiger partial charge in [-0.15, -0.1) is 0 Å². The molecule has 2 rings (SSSR count). The summed E-state index contributed by atoms with van der Waals surface area (Å²) in [5, 5.41) is 0. The molecule has 0 bridgehead atoms. The van der Waals surface area contributed by atoms with Crippen molar-refractivity contribution in [1.29, 1.82) is 0 Å². The van der Waals surface area contributed by atoms with E-state index in [-0.39, 0.29) is 28.8 Å². The van der Waals surface area contributed by atoms with Crippen molar-refractivity contribution in [3.05, 3.63) is 0 Å². The summed E-state index contributed by atoms with van der Waals surface area (Å²) in [7, 11) is 0. The molecule has 0 aromatic heterocycles. The zero-order valence-corrected chi connectivity index (χ0v) is 14.5. The maximum absolute atomic E-state index is 5.99. The summed E-state index contributed by atoms with van der Waals surface area (Å²) < 4.78 is 24.0. The Morgan fingerprint density at radius 1 is 0.714 bits per heavy atom. The minimum Gasteiger partial charge on any atom is -0.351 e. The molecule has 4 heteroatoms. The first-order valence-electron chi connectivity index (χ1n) is 8.21. The summed E-state index contributed by atoms with van der Waals surface area (Å²) in [5.74, 6) is 0.